The predicted octanol–water partition coefficient (Wildman–Crippen LogP) is 1.19. The number of methoxy groups -OCH3 is 1. The Morgan fingerprint density at radius 3 is 2.75 bits per heavy atom. The Kier molecular flexibility index (Phi) is 4.34. The molecule has 0 radical (unpaired) electrons. The molecule has 1 heterocycles. The van der Waals surface area contributed by atoms with E-state index >= 15 is 0 Å². The maximum Gasteiger partial charge on any atom is 0.410 e. The van der Waals surface area contributed by atoms with E-state index in [1.54, 1.807) is 11.8 Å². The van der Waals surface area contributed by atoms with Crippen LogP contribution in [0, 0.1) is 5.92 Å². The first-order valence-corrected chi connectivity index (χ1v) is 5.25. The maximum absolute atomic E-state index is 11.5. The van der Waals surface area contributed by atoms with Crippen LogP contribution in [0.4, 0.5) is 4.79 Å². The van der Waals surface area contributed by atoms with Gasteiger partial charge in [0.1, 0.15) is 6.61 Å². The zero-order chi connectivity index (χ0) is 12.1. The third kappa shape index (κ3) is 2.53. The molecule has 0 aliphatic carbocycles. The summed E-state index contributed by atoms with van der Waals surface area (Å²) in [6.45, 7) is 4.47. The molecule has 5 nitrogen and oxygen atoms in total. The van der Waals surface area contributed by atoms with Crippen LogP contribution in [-0.2, 0) is 14.3 Å². The topological polar surface area (TPSA) is 55.8 Å². The summed E-state index contributed by atoms with van der Waals surface area (Å²) < 4.78 is 9.54. The van der Waals surface area contributed by atoms with Gasteiger partial charge in [0.15, 0.2) is 0 Å². The summed E-state index contributed by atoms with van der Waals surface area (Å²) in [7, 11) is 1.34. The van der Waals surface area contributed by atoms with Gasteiger partial charge in [-0.05, 0) is 13.8 Å². The number of esters is 1. The fraction of sp³-hybridized carbons (Fsp3) is 0.636. The molecule has 0 aromatic rings. The third-order valence-electron chi connectivity index (χ3n) is 2.63. The van der Waals surface area contributed by atoms with E-state index in [-0.39, 0.29) is 18.1 Å². The minimum absolute atomic E-state index is 0.299. The molecule has 1 fully saturated rings. The van der Waals surface area contributed by atoms with Gasteiger partial charge in [-0.1, -0.05) is 12.2 Å². The SMILES string of the molecule is C/C=C/[C@H]([C@H](C)C(=O)OC)N1CCOC1=O. The largest absolute Gasteiger partial charge is 0.469 e. The van der Waals surface area contributed by atoms with Crippen LogP contribution in [-0.4, -0.2) is 43.3 Å². The van der Waals surface area contributed by atoms with E-state index < -0.39 is 5.92 Å². The average molecular weight is 227 g/mol. The van der Waals surface area contributed by atoms with Crippen molar-refractivity contribution in [3.8, 4) is 0 Å². The van der Waals surface area contributed by atoms with Gasteiger partial charge in [-0.3, -0.25) is 9.69 Å². The Labute approximate surface area is 95.0 Å². The van der Waals surface area contributed by atoms with Gasteiger partial charge in [-0.15, -0.1) is 0 Å². The van der Waals surface area contributed by atoms with Gasteiger partial charge < -0.3 is 9.47 Å². The zero-order valence-corrected chi connectivity index (χ0v) is 9.80. The molecule has 0 N–H and O–H groups in total. The minimum atomic E-state index is -0.396. The summed E-state index contributed by atoms with van der Waals surface area (Å²) in [4.78, 5) is 24.4. The molecule has 1 aliphatic rings. The van der Waals surface area contributed by atoms with Crippen molar-refractivity contribution in [3.05, 3.63) is 12.2 Å². The smallest absolute Gasteiger partial charge is 0.410 e. The number of carbonyl (C=O) groups excluding carboxylic acids is 2. The molecule has 0 spiro atoms. The first-order valence-electron chi connectivity index (χ1n) is 5.25. The molecule has 0 saturated carbocycles. The van der Waals surface area contributed by atoms with Gasteiger partial charge in [-0.25, -0.2) is 4.79 Å². The van der Waals surface area contributed by atoms with Crippen LogP contribution in [0.3, 0.4) is 0 Å². The molecule has 1 aliphatic heterocycles. The van der Waals surface area contributed by atoms with Gasteiger partial charge in [-0.2, -0.15) is 0 Å². The van der Waals surface area contributed by atoms with Crippen molar-refractivity contribution in [2.75, 3.05) is 20.3 Å². The second kappa shape index (κ2) is 5.53. The van der Waals surface area contributed by atoms with E-state index in [0.29, 0.717) is 13.2 Å². The lowest BCUT2D eigenvalue weighted by Crippen LogP contribution is -2.42. The quantitative estimate of drug-likeness (QED) is 0.534. The van der Waals surface area contributed by atoms with Crippen molar-refractivity contribution in [2.24, 2.45) is 5.92 Å². The monoisotopic (exact) mass is 227 g/mol. The summed E-state index contributed by atoms with van der Waals surface area (Å²) >= 11 is 0. The zero-order valence-electron chi connectivity index (χ0n) is 9.80. The van der Waals surface area contributed by atoms with E-state index in [9.17, 15) is 9.59 Å². The second-order valence-electron chi connectivity index (χ2n) is 3.64. The highest BCUT2D eigenvalue weighted by Gasteiger charge is 2.34. The van der Waals surface area contributed by atoms with Crippen molar-refractivity contribution in [1.29, 1.82) is 0 Å². The molecule has 5 heteroatoms. The lowest BCUT2D eigenvalue weighted by Gasteiger charge is -2.26. The highest BCUT2D eigenvalue weighted by atomic mass is 16.6. The Balaban J connectivity index is 2.81. The van der Waals surface area contributed by atoms with Gasteiger partial charge in [0.05, 0.1) is 25.6 Å². The molecule has 1 rings (SSSR count). The summed E-state index contributed by atoms with van der Waals surface area (Å²) in [5.41, 5.74) is 0. The summed E-state index contributed by atoms with van der Waals surface area (Å²) in [5.74, 6) is -0.727. The van der Waals surface area contributed by atoms with Crippen LogP contribution >= 0.6 is 0 Å². The Hall–Kier alpha value is -1.52. The van der Waals surface area contributed by atoms with Gasteiger partial charge in [0.25, 0.3) is 0 Å². The predicted molar refractivity (Wildman–Crippen MR) is 57.8 cm³/mol. The van der Waals surface area contributed by atoms with Crippen LogP contribution in [0.1, 0.15) is 13.8 Å². The summed E-state index contributed by atoms with van der Waals surface area (Å²) in [5, 5.41) is 0. The van der Waals surface area contributed by atoms with E-state index in [4.69, 9.17) is 4.74 Å². The number of cyclic esters (lactones) is 1. The molecule has 16 heavy (non-hydrogen) atoms. The minimum Gasteiger partial charge on any atom is -0.469 e. The van der Waals surface area contributed by atoms with Crippen LogP contribution in [0.5, 0.6) is 0 Å². The number of rotatable bonds is 4. The van der Waals surface area contributed by atoms with Crippen LogP contribution in [0.2, 0.25) is 0 Å². The fourth-order valence-electron chi connectivity index (χ4n) is 1.74. The molecule has 0 aromatic heterocycles. The highest BCUT2D eigenvalue weighted by Crippen LogP contribution is 2.18. The summed E-state index contributed by atoms with van der Waals surface area (Å²) in [6, 6.07) is -0.299. The number of hydrogen-bond donors (Lipinski definition) is 0. The van der Waals surface area contributed by atoms with Crippen molar-refractivity contribution < 1.29 is 19.1 Å². The number of nitrogens with zero attached hydrogens (tertiary/aromatic N) is 1. The standard InChI is InChI=1S/C11H17NO4/c1-4-5-9(8(2)10(13)15-3)12-6-7-16-11(12)14/h4-5,8-9H,6-7H2,1-3H3/b5-4+/t8-,9+/m0/s1. The van der Waals surface area contributed by atoms with Crippen molar-refractivity contribution in [1.82, 2.24) is 4.90 Å². The Bertz CT molecular complexity index is 300. The first kappa shape index (κ1) is 12.5. The molecular weight excluding hydrogens is 210 g/mol. The second-order valence-corrected chi connectivity index (χ2v) is 3.64. The van der Waals surface area contributed by atoms with Crippen molar-refractivity contribution in [3.63, 3.8) is 0 Å². The number of carbonyl (C=O) groups is 2. The number of hydrogen-bond acceptors (Lipinski definition) is 4. The maximum atomic E-state index is 11.5. The van der Waals surface area contributed by atoms with Crippen LogP contribution in [0.15, 0.2) is 12.2 Å². The van der Waals surface area contributed by atoms with Crippen LogP contribution in [0.25, 0.3) is 0 Å². The molecule has 1 saturated heterocycles. The molecule has 0 bridgehead atoms. The van der Waals surface area contributed by atoms with Gasteiger partial charge in [0.2, 0.25) is 0 Å². The molecule has 0 unspecified atom stereocenters. The number of ether oxygens (including phenoxy) is 2. The van der Waals surface area contributed by atoms with Gasteiger partial charge >= 0.3 is 12.1 Å². The molecular formula is C11H17NO4. The third-order valence-corrected chi connectivity index (χ3v) is 2.63. The van der Waals surface area contributed by atoms with Gasteiger partial charge in [0, 0.05) is 0 Å². The molecule has 0 aromatic carbocycles. The molecule has 2 atom stereocenters. The normalized spacial score (nSPS) is 19.7. The number of allylic oxidation sites excluding steroid dienone is 1. The van der Waals surface area contributed by atoms with Crippen molar-refractivity contribution in [2.45, 2.75) is 19.9 Å². The van der Waals surface area contributed by atoms with Crippen LogP contribution < -0.4 is 0 Å². The van der Waals surface area contributed by atoms with E-state index in [2.05, 4.69) is 4.74 Å². The Morgan fingerprint density at radius 2 is 2.31 bits per heavy atom. The average Bonchev–Trinajstić information content (AvgIpc) is 2.70. The molecule has 90 valence electrons. The first-order chi connectivity index (χ1) is 7.61. The summed E-state index contributed by atoms with van der Waals surface area (Å²) in [6.07, 6.45) is 3.25. The fourth-order valence-corrected chi connectivity index (χ4v) is 1.74. The van der Waals surface area contributed by atoms with E-state index in [1.165, 1.54) is 7.11 Å². The number of amides is 1. The highest BCUT2D eigenvalue weighted by molar-refractivity contribution is 5.76. The van der Waals surface area contributed by atoms with E-state index in [0.717, 1.165) is 0 Å². The lowest BCUT2D eigenvalue weighted by atomic mass is 10.0. The Morgan fingerprint density at radius 1 is 1.62 bits per heavy atom. The van der Waals surface area contributed by atoms with Crippen molar-refractivity contribution >= 4 is 12.1 Å². The van der Waals surface area contributed by atoms with E-state index in [1.807, 2.05) is 19.1 Å². The molecule has 1 amide bonds. The lowest BCUT2D eigenvalue weighted by molar-refractivity contribution is -0.146.